The molecule has 1 saturated heterocycles. The summed E-state index contributed by atoms with van der Waals surface area (Å²) in [6, 6.07) is 7.14. The molecule has 1 N–H and O–H groups in total. The minimum atomic E-state index is -1.17. The Bertz CT molecular complexity index is 702. The highest BCUT2D eigenvalue weighted by molar-refractivity contribution is 5.92. The number of ether oxygens (including phenoxy) is 2. The van der Waals surface area contributed by atoms with Crippen molar-refractivity contribution in [2.45, 2.75) is 51.0 Å². The van der Waals surface area contributed by atoms with Crippen molar-refractivity contribution in [3.05, 3.63) is 47.0 Å². The zero-order valence-corrected chi connectivity index (χ0v) is 15.2. The van der Waals surface area contributed by atoms with Gasteiger partial charge in [0, 0.05) is 12.0 Å². The third kappa shape index (κ3) is 4.15. The summed E-state index contributed by atoms with van der Waals surface area (Å²) < 4.78 is 10.8. The van der Waals surface area contributed by atoms with Crippen LogP contribution in [-0.4, -0.2) is 35.9 Å². The summed E-state index contributed by atoms with van der Waals surface area (Å²) >= 11 is 0. The zero-order valence-electron chi connectivity index (χ0n) is 15.2. The SMILES string of the molecule is Cc1ccccc1C(=O)OCC1(CO)C/C(=C/C2CCCCC2)C(=O)O1. The largest absolute Gasteiger partial charge is 0.458 e. The van der Waals surface area contributed by atoms with Crippen LogP contribution in [0.1, 0.15) is 54.4 Å². The molecule has 0 aromatic heterocycles. The van der Waals surface area contributed by atoms with Crippen LogP contribution in [0.4, 0.5) is 0 Å². The van der Waals surface area contributed by atoms with E-state index >= 15 is 0 Å². The molecule has 2 fully saturated rings. The van der Waals surface area contributed by atoms with E-state index in [0.717, 1.165) is 18.4 Å². The minimum absolute atomic E-state index is 0.148. The van der Waals surface area contributed by atoms with E-state index < -0.39 is 17.5 Å². The fourth-order valence-electron chi connectivity index (χ4n) is 3.72. The number of carbonyl (C=O) groups is 2. The first kappa shape index (κ1) is 18.6. The van der Waals surface area contributed by atoms with Gasteiger partial charge in [0.25, 0.3) is 0 Å². The van der Waals surface area contributed by atoms with E-state index in [0.29, 0.717) is 17.1 Å². The highest BCUT2D eigenvalue weighted by atomic mass is 16.6. The molecule has 1 heterocycles. The third-order valence-corrected chi connectivity index (χ3v) is 5.29. The molecule has 0 amide bonds. The second kappa shape index (κ2) is 8.04. The van der Waals surface area contributed by atoms with Crippen molar-refractivity contribution >= 4 is 11.9 Å². The molecular weight excluding hydrogens is 332 g/mol. The molecule has 1 aliphatic carbocycles. The van der Waals surface area contributed by atoms with Crippen molar-refractivity contribution in [2.75, 3.05) is 13.2 Å². The Morgan fingerprint density at radius 2 is 2.04 bits per heavy atom. The highest BCUT2D eigenvalue weighted by Crippen LogP contribution is 2.34. The lowest BCUT2D eigenvalue weighted by Crippen LogP contribution is -2.39. The van der Waals surface area contributed by atoms with Gasteiger partial charge in [-0.3, -0.25) is 0 Å². The maximum Gasteiger partial charge on any atom is 0.338 e. The van der Waals surface area contributed by atoms with Gasteiger partial charge in [0.05, 0.1) is 12.2 Å². The molecule has 1 saturated carbocycles. The number of aliphatic hydroxyl groups is 1. The third-order valence-electron chi connectivity index (χ3n) is 5.29. The van der Waals surface area contributed by atoms with Crippen molar-refractivity contribution in [2.24, 2.45) is 5.92 Å². The molecule has 140 valence electrons. The molecule has 26 heavy (non-hydrogen) atoms. The van der Waals surface area contributed by atoms with Crippen molar-refractivity contribution in [1.82, 2.24) is 0 Å². The number of hydrogen-bond donors (Lipinski definition) is 1. The summed E-state index contributed by atoms with van der Waals surface area (Å²) in [4.78, 5) is 24.6. The predicted molar refractivity (Wildman–Crippen MR) is 96.6 cm³/mol. The van der Waals surface area contributed by atoms with Gasteiger partial charge >= 0.3 is 11.9 Å². The van der Waals surface area contributed by atoms with Crippen LogP contribution < -0.4 is 0 Å². The average Bonchev–Trinajstić information content (AvgIpc) is 2.97. The Labute approximate surface area is 154 Å². The first-order valence-corrected chi connectivity index (χ1v) is 9.31. The van der Waals surface area contributed by atoms with Crippen LogP contribution in [0, 0.1) is 12.8 Å². The number of aryl methyl sites for hydroxylation is 1. The number of allylic oxidation sites excluding steroid dienone is 1. The molecule has 2 aliphatic rings. The topological polar surface area (TPSA) is 72.8 Å². The van der Waals surface area contributed by atoms with Crippen LogP contribution in [0.15, 0.2) is 35.9 Å². The first-order chi connectivity index (χ1) is 12.5. The quantitative estimate of drug-likeness (QED) is 0.646. The lowest BCUT2D eigenvalue weighted by Gasteiger charge is -2.24. The molecule has 0 radical (unpaired) electrons. The Morgan fingerprint density at radius 1 is 1.31 bits per heavy atom. The maximum atomic E-state index is 12.3. The number of rotatable bonds is 5. The molecule has 1 aromatic rings. The summed E-state index contributed by atoms with van der Waals surface area (Å²) in [7, 11) is 0. The van der Waals surface area contributed by atoms with Gasteiger partial charge in [-0.15, -0.1) is 0 Å². The number of aliphatic hydroxyl groups excluding tert-OH is 1. The molecular formula is C21H26O5. The Morgan fingerprint density at radius 3 is 2.73 bits per heavy atom. The number of benzene rings is 1. The van der Waals surface area contributed by atoms with Gasteiger partial charge in [-0.2, -0.15) is 0 Å². The molecule has 0 bridgehead atoms. The highest BCUT2D eigenvalue weighted by Gasteiger charge is 2.45. The Balaban J connectivity index is 1.66. The van der Waals surface area contributed by atoms with Gasteiger partial charge in [0.2, 0.25) is 0 Å². The van der Waals surface area contributed by atoms with Crippen molar-refractivity contribution in [1.29, 1.82) is 0 Å². The minimum Gasteiger partial charge on any atom is -0.458 e. The average molecular weight is 358 g/mol. The van der Waals surface area contributed by atoms with Crippen LogP contribution in [0.5, 0.6) is 0 Å². The maximum absolute atomic E-state index is 12.3. The summed E-state index contributed by atoms with van der Waals surface area (Å²) in [5.74, 6) is -0.483. The molecule has 3 rings (SSSR count). The molecule has 5 heteroatoms. The fourth-order valence-corrected chi connectivity index (χ4v) is 3.72. The molecule has 0 spiro atoms. The van der Waals surface area contributed by atoms with Crippen molar-refractivity contribution in [3.8, 4) is 0 Å². The zero-order chi connectivity index (χ0) is 18.6. The lowest BCUT2D eigenvalue weighted by atomic mass is 9.86. The van der Waals surface area contributed by atoms with E-state index in [1.807, 2.05) is 25.1 Å². The lowest BCUT2D eigenvalue weighted by molar-refractivity contribution is -0.154. The van der Waals surface area contributed by atoms with E-state index in [9.17, 15) is 14.7 Å². The Hall–Kier alpha value is -2.14. The molecule has 1 aliphatic heterocycles. The molecule has 1 unspecified atom stereocenters. The second-order valence-electron chi connectivity index (χ2n) is 7.39. The second-order valence-corrected chi connectivity index (χ2v) is 7.39. The van der Waals surface area contributed by atoms with E-state index in [4.69, 9.17) is 9.47 Å². The van der Waals surface area contributed by atoms with Crippen molar-refractivity contribution in [3.63, 3.8) is 0 Å². The van der Waals surface area contributed by atoms with E-state index in [1.165, 1.54) is 19.3 Å². The van der Waals surface area contributed by atoms with Crippen LogP contribution in [0.25, 0.3) is 0 Å². The van der Waals surface area contributed by atoms with Crippen LogP contribution in [0.2, 0.25) is 0 Å². The number of esters is 2. The summed E-state index contributed by atoms with van der Waals surface area (Å²) in [5.41, 5.74) is 0.716. The van der Waals surface area contributed by atoms with Crippen LogP contribution in [-0.2, 0) is 14.3 Å². The number of cyclic esters (lactones) is 1. The smallest absolute Gasteiger partial charge is 0.338 e. The molecule has 1 aromatic carbocycles. The van der Waals surface area contributed by atoms with Gasteiger partial charge in [-0.1, -0.05) is 43.5 Å². The van der Waals surface area contributed by atoms with Crippen LogP contribution in [0.3, 0.4) is 0 Å². The number of carbonyl (C=O) groups excluding carboxylic acids is 2. The number of hydrogen-bond acceptors (Lipinski definition) is 5. The van der Waals surface area contributed by atoms with Crippen molar-refractivity contribution < 1.29 is 24.2 Å². The van der Waals surface area contributed by atoms with Gasteiger partial charge < -0.3 is 14.6 Å². The van der Waals surface area contributed by atoms with Gasteiger partial charge in [-0.05, 0) is 37.3 Å². The molecule has 5 nitrogen and oxygen atoms in total. The summed E-state index contributed by atoms with van der Waals surface area (Å²) in [5, 5.41) is 9.80. The fraction of sp³-hybridized carbons (Fsp3) is 0.524. The standard InChI is InChI=1S/C21H26O5/c1-15-7-5-6-10-18(15)20(24)25-14-21(13-22)12-17(19(23)26-21)11-16-8-3-2-4-9-16/h5-7,10-11,16,22H,2-4,8-9,12-14H2,1H3/b17-11-. The van der Waals surface area contributed by atoms with Gasteiger partial charge in [-0.25, -0.2) is 9.59 Å². The van der Waals surface area contributed by atoms with E-state index in [-0.39, 0.29) is 19.6 Å². The summed E-state index contributed by atoms with van der Waals surface area (Å²) in [6.45, 7) is 1.31. The molecule has 1 atom stereocenters. The van der Waals surface area contributed by atoms with Gasteiger partial charge in [0.1, 0.15) is 6.61 Å². The van der Waals surface area contributed by atoms with E-state index in [1.54, 1.807) is 12.1 Å². The monoisotopic (exact) mass is 358 g/mol. The predicted octanol–water partition coefficient (Wildman–Crippen LogP) is 3.34. The normalized spacial score (nSPS) is 25.3. The van der Waals surface area contributed by atoms with Crippen LogP contribution >= 0.6 is 0 Å². The van der Waals surface area contributed by atoms with Gasteiger partial charge in [0.15, 0.2) is 5.60 Å². The first-order valence-electron chi connectivity index (χ1n) is 9.31. The Kier molecular flexibility index (Phi) is 5.77. The van der Waals surface area contributed by atoms with E-state index in [2.05, 4.69) is 0 Å². The summed E-state index contributed by atoms with van der Waals surface area (Å²) in [6.07, 6.45) is 8.07.